The van der Waals surface area contributed by atoms with E-state index in [-0.39, 0.29) is 11.8 Å². The summed E-state index contributed by atoms with van der Waals surface area (Å²) in [6, 6.07) is 16.5. The van der Waals surface area contributed by atoms with Crippen molar-refractivity contribution in [3.05, 3.63) is 77.6 Å². The first kappa shape index (κ1) is 19.1. The third kappa shape index (κ3) is 4.94. The molecule has 0 aliphatic heterocycles. The molecular weight excluding hydrogens is 352 g/mol. The van der Waals surface area contributed by atoms with E-state index in [1.54, 1.807) is 36.5 Å². The molecule has 0 bridgehead atoms. The number of hydrogen-bond donors (Lipinski definition) is 3. The van der Waals surface area contributed by atoms with Crippen LogP contribution in [0.1, 0.15) is 28.5 Å². The number of aryl methyl sites for hydroxylation is 2. The van der Waals surface area contributed by atoms with Gasteiger partial charge in [0.25, 0.3) is 5.91 Å². The molecule has 0 aliphatic carbocycles. The lowest BCUT2D eigenvalue weighted by molar-refractivity contribution is -0.114. The molecule has 3 rings (SSSR count). The normalized spacial score (nSPS) is 10.2. The molecule has 0 atom stereocenters. The van der Waals surface area contributed by atoms with Crippen molar-refractivity contribution in [3.63, 3.8) is 0 Å². The van der Waals surface area contributed by atoms with E-state index in [0.717, 1.165) is 11.4 Å². The molecule has 3 aromatic rings. The fraction of sp³-hybridized carbons (Fsp3) is 0.136. The summed E-state index contributed by atoms with van der Waals surface area (Å²) in [5, 5.41) is 8.74. The Morgan fingerprint density at radius 3 is 2.14 bits per heavy atom. The summed E-state index contributed by atoms with van der Waals surface area (Å²) in [7, 11) is 0. The summed E-state index contributed by atoms with van der Waals surface area (Å²) in [5.74, 6) is -0.491. The highest BCUT2D eigenvalue weighted by Gasteiger charge is 2.09. The van der Waals surface area contributed by atoms with Crippen LogP contribution in [0.5, 0.6) is 0 Å². The van der Waals surface area contributed by atoms with Crippen molar-refractivity contribution in [2.75, 3.05) is 16.0 Å². The van der Waals surface area contributed by atoms with Crippen LogP contribution in [0.15, 0.2) is 60.8 Å². The number of nitrogens with one attached hydrogen (secondary N) is 3. The highest BCUT2D eigenvalue weighted by atomic mass is 16.2. The van der Waals surface area contributed by atoms with Gasteiger partial charge in [-0.1, -0.05) is 12.1 Å². The first-order valence-electron chi connectivity index (χ1n) is 8.90. The van der Waals surface area contributed by atoms with Crippen molar-refractivity contribution in [1.29, 1.82) is 0 Å². The molecule has 1 aromatic heterocycles. The van der Waals surface area contributed by atoms with Crippen molar-refractivity contribution in [1.82, 2.24) is 4.98 Å². The Labute approximate surface area is 164 Å². The molecule has 0 unspecified atom stereocenters. The maximum atomic E-state index is 12.4. The molecule has 6 heteroatoms. The first-order valence-corrected chi connectivity index (χ1v) is 8.90. The minimum atomic E-state index is -0.322. The molecule has 0 spiro atoms. The van der Waals surface area contributed by atoms with E-state index < -0.39 is 0 Å². The fourth-order valence-corrected chi connectivity index (χ4v) is 2.66. The minimum absolute atomic E-state index is 0.169. The summed E-state index contributed by atoms with van der Waals surface area (Å²) >= 11 is 0. The van der Waals surface area contributed by atoms with Crippen LogP contribution in [0, 0.1) is 13.8 Å². The van der Waals surface area contributed by atoms with Gasteiger partial charge in [0, 0.05) is 24.0 Å². The summed E-state index contributed by atoms with van der Waals surface area (Å²) in [6.45, 7) is 5.57. The molecule has 0 saturated heterocycles. The summed E-state index contributed by atoms with van der Waals surface area (Å²) < 4.78 is 0. The smallest absolute Gasteiger partial charge is 0.274 e. The second-order valence-corrected chi connectivity index (χ2v) is 6.57. The summed E-state index contributed by atoms with van der Waals surface area (Å²) in [5.41, 5.74) is 5.70. The third-order valence-electron chi connectivity index (χ3n) is 4.23. The van der Waals surface area contributed by atoms with Crippen LogP contribution in [-0.4, -0.2) is 16.8 Å². The molecule has 28 heavy (non-hydrogen) atoms. The van der Waals surface area contributed by atoms with Crippen LogP contribution in [0.4, 0.5) is 22.7 Å². The highest BCUT2D eigenvalue weighted by molar-refractivity contribution is 6.03. The zero-order chi connectivity index (χ0) is 20.1. The van der Waals surface area contributed by atoms with E-state index in [1.165, 1.54) is 18.1 Å². The monoisotopic (exact) mass is 374 g/mol. The van der Waals surface area contributed by atoms with Gasteiger partial charge in [0.05, 0.1) is 11.9 Å². The average molecular weight is 374 g/mol. The van der Waals surface area contributed by atoms with E-state index >= 15 is 0 Å². The lowest BCUT2D eigenvalue weighted by Crippen LogP contribution is -2.14. The number of nitrogens with zero attached hydrogens (tertiary/aromatic N) is 1. The Kier molecular flexibility index (Phi) is 5.69. The predicted octanol–water partition coefficient (Wildman–Crippen LogP) is 4.65. The summed E-state index contributed by atoms with van der Waals surface area (Å²) in [6.07, 6.45) is 1.62. The Morgan fingerprint density at radius 1 is 0.786 bits per heavy atom. The van der Waals surface area contributed by atoms with Crippen LogP contribution in [-0.2, 0) is 4.79 Å². The lowest BCUT2D eigenvalue weighted by Gasteiger charge is -2.10. The Morgan fingerprint density at radius 2 is 1.50 bits per heavy atom. The zero-order valence-electron chi connectivity index (χ0n) is 16.0. The third-order valence-corrected chi connectivity index (χ3v) is 4.23. The maximum absolute atomic E-state index is 12.4. The lowest BCUT2D eigenvalue weighted by atomic mass is 10.1. The predicted molar refractivity (Wildman–Crippen MR) is 112 cm³/mol. The van der Waals surface area contributed by atoms with Gasteiger partial charge in [-0.15, -0.1) is 0 Å². The quantitative estimate of drug-likeness (QED) is 0.607. The van der Waals surface area contributed by atoms with Gasteiger partial charge >= 0.3 is 0 Å². The molecule has 2 amide bonds. The second-order valence-electron chi connectivity index (χ2n) is 6.57. The van der Waals surface area contributed by atoms with Crippen LogP contribution >= 0.6 is 0 Å². The topological polar surface area (TPSA) is 83.1 Å². The van der Waals surface area contributed by atoms with Crippen molar-refractivity contribution >= 4 is 34.6 Å². The van der Waals surface area contributed by atoms with Gasteiger partial charge in [0.2, 0.25) is 5.91 Å². The zero-order valence-corrected chi connectivity index (χ0v) is 16.0. The van der Waals surface area contributed by atoms with Gasteiger partial charge in [0.1, 0.15) is 5.69 Å². The molecule has 0 aliphatic rings. The SMILES string of the molecule is CC(=O)Nc1cccc(NC(=O)c2ccc(Nc3ccc(C)c(C)c3)cn2)c1. The minimum Gasteiger partial charge on any atom is -0.354 e. The number of aromatic nitrogens is 1. The molecule has 0 radical (unpaired) electrons. The molecular formula is C22H22N4O2. The number of hydrogen-bond acceptors (Lipinski definition) is 4. The van der Waals surface area contributed by atoms with Crippen molar-refractivity contribution in [2.45, 2.75) is 20.8 Å². The number of pyridine rings is 1. The van der Waals surface area contributed by atoms with Crippen LogP contribution in [0.2, 0.25) is 0 Å². The fourth-order valence-electron chi connectivity index (χ4n) is 2.66. The molecule has 2 aromatic carbocycles. The van der Waals surface area contributed by atoms with E-state index in [0.29, 0.717) is 17.1 Å². The van der Waals surface area contributed by atoms with Crippen molar-refractivity contribution in [3.8, 4) is 0 Å². The summed E-state index contributed by atoms with van der Waals surface area (Å²) in [4.78, 5) is 27.8. The number of rotatable bonds is 5. The Bertz CT molecular complexity index is 1010. The van der Waals surface area contributed by atoms with E-state index in [4.69, 9.17) is 0 Å². The number of carbonyl (C=O) groups is 2. The average Bonchev–Trinajstić information content (AvgIpc) is 2.65. The number of amides is 2. The highest BCUT2D eigenvalue weighted by Crippen LogP contribution is 2.20. The standard InChI is InChI=1S/C22H22N4O2/c1-14-7-8-19(11-15(14)2)25-20-9-10-21(23-13-20)22(28)26-18-6-4-5-17(12-18)24-16(3)27/h4-13,25H,1-3H3,(H,24,27)(H,26,28). The number of anilines is 4. The van der Waals surface area contributed by atoms with E-state index in [9.17, 15) is 9.59 Å². The van der Waals surface area contributed by atoms with Crippen molar-refractivity contribution in [2.24, 2.45) is 0 Å². The van der Waals surface area contributed by atoms with E-state index in [2.05, 4.69) is 46.9 Å². The van der Waals surface area contributed by atoms with Gasteiger partial charge in [-0.05, 0) is 67.4 Å². The molecule has 0 saturated carbocycles. The van der Waals surface area contributed by atoms with Gasteiger partial charge in [-0.3, -0.25) is 9.59 Å². The molecule has 6 nitrogen and oxygen atoms in total. The molecule has 1 heterocycles. The van der Waals surface area contributed by atoms with E-state index in [1.807, 2.05) is 12.1 Å². The van der Waals surface area contributed by atoms with Crippen LogP contribution in [0.25, 0.3) is 0 Å². The van der Waals surface area contributed by atoms with Gasteiger partial charge in [0.15, 0.2) is 0 Å². The van der Waals surface area contributed by atoms with Gasteiger partial charge < -0.3 is 16.0 Å². The first-order chi connectivity index (χ1) is 13.4. The maximum Gasteiger partial charge on any atom is 0.274 e. The number of carbonyl (C=O) groups excluding carboxylic acids is 2. The number of benzene rings is 2. The second kappa shape index (κ2) is 8.35. The Hall–Kier alpha value is -3.67. The van der Waals surface area contributed by atoms with Gasteiger partial charge in [-0.2, -0.15) is 0 Å². The van der Waals surface area contributed by atoms with Crippen LogP contribution < -0.4 is 16.0 Å². The molecule has 0 fully saturated rings. The Balaban J connectivity index is 1.66. The van der Waals surface area contributed by atoms with Crippen molar-refractivity contribution < 1.29 is 9.59 Å². The van der Waals surface area contributed by atoms with Gasteiger partial charge in [-0.25, -0.2) is 4.98 Å². The largest absolute Gasteiger partial charge is 0.354 e. The molecule has 142 valence electrons. The molecule has 3 N–H and O–H groups in total. The van der Waals surface area contributed by atoms with Crippen LogP contribution in [0.3, 0.4) is 0 Å².